The largest absolute Gasteiger partial charge is 0.208 e. The summed E-state index contributed by atoms with van der Waals surface area (Å²) in [4.78, 5) is 16.0. The molecule has 0 spiro atoms. The zero-order valence-corrected chi connectivity index (χ0v) is 42.6. The van der Waals surface area contributed by atoms with Crippen molar-refractivity contribution in [2.24, 2.45) is 0 Å². The van der Waals surface area contributed by atoms with Crippen LogP contribution in [-0.2, 0) is 0 Å². The van der Waals surface area contributed by atoms with E-state index in [2.05, 4.69) is 212 Å². The Morgan fingerprint density at radius 1 is 0.250 bits per heavy atom. The maximum atomic E-state index is 5.44. The highest BCUT2D eigenvalue weighted by atomic mass is 32.1. The number of nitrogens with zero attached hydrogens (tertiary/aromatic N) is 3. The van der Waals surface area contributed by atoms with Gasteiger partial charge in [0.2, 0.25) is 0 Å². The lowest BCUT2D eigenvalue weighted by molar-refractivity contribution is 1.02. The molecule has 5 heteroatoms. The topological polar surface area (TPSA) is 38.7 Å². The van der Waals surface area contributed by atoms with E-state index in [1.807, 2.05) is 59.1 Å². The molecule has 3 heterocycles. The minimum absolute atomic E-state index is 0.176. The van der Waals surface area contributed by atoms with Crippen molar-refractivity contribution < 1.29 is 0 Å². The molecule has 0 saturated carbocycles. The predicted octanol–water partition coefficient (Wildman–Crippen LogP) is 19.3. The molecule has 16 rings (SSSR count). The van der Waals surface area contributed by atoms with Crippen LogP contribution in [0.3, 0.4) is 0 Å². The van der Waals surface area contributed by atoms with Crippen molar-refractivity contribution in [3.8, 4) is 78.7 Å². The second kappa shape index (κ2) is 17.2. The number of hydrogen-bond donors (Lipinski definition) is 0. The van der Waals surface area contributed by atoms with Gasteiger partial charge < -0.3 is 0 Å². The summed E-state index contributed by atoms with van der Waals surface area (Å²) in [5, 5.41) is 5.05. The molecule has 3 nitrogen and oxygen atoms in total. The van der Waals surface area contributed by atoms with Crippen LogP contribution in [0.4, 0.5) is 0 Å². The van der Waals surface area contributed by atoms with Crippen molar-refractivity contribution >= 4 is 63.0 Å². The van der Waals surface area contributed by atoms with E-state index >= 15 is 0 Å². The third-order valence-electron chi connectivity index (χ3n) is 15.9. The Labute approximate surface area is 447 Å². The molecule has 2 aliphatic rings. The van der Waals surface area contributed by atoms with Gasteiger partial charge >= 0.3 is 0 Å². The smallest absolute Gasteiger partial charge is 0.164 e. The Morgan fingerprint density at radius 3 is 1.21 bits per heavy atom. The van der Waals surface area contributed by atoms with E-state index in [1.54, 1.807) is 0 Å². The van der Waals surface area contributed by atoms with Crippen molar-refractivity contribution in [1.82, 2.24) is 15.0 Å². The van der Waals surface area contributed by atoms with Crippen LogP contribution in [0.15, 0.2) is 249 Å². The van der Waals surface area contributed by atoms with E-state index in [-0.39, 0.29) is 11.8 Å². The van der Waals surface area contributed by atoms with Crippen LogP contribution in [0.5, 0.6) is 0 Å². The molecule has 14 aromatic rings. The summed E-state index contributed by atoms with van der Waals surface area (Å²) in [5.74, 6) is 2.26. The van der Waals surface area contributed by atoms with E-state index in [4.69, 9.17) is 15.0 Å². The molecule has 0 fully saturated rings. The molecule has 354 valence electrons. The molecule has 0 amide bonds. The lowest BCUT2D eigenvalue weighted by atomic mass is 9.88. The average molecular weight is 1000 g/mol. The van der Waals surface area contributed by atoms with Crippen molar-refractivity contribution in [2.75, 3.05) is 0 Å². The molecule has 76 heavy (non-hydrogen) atoms. The summed E-state index contributed by atoms with van der Waals surface area (Å²) < 4.78 is 5.09. The molecule has 11 aromatic carbocycles. The fourth-order valence-corrected chi connectivity index (χ4v) is 14.9. The van der Waals surface area contributed by atoms with Crippen LogP contribution in [0.25, 0.3) is 119 Å². The van der Waals surface area contributed by atoms with Gasteiger partial charge in [0.05, 0.1) is 0 Å². The number of aromatic nitrogens is 3. The van der Waals surface area contributed by atoms with Crippen molar-refractivity contribution in [1.29, 1.82) is 0 Å². The van der Waals surface area contributed by atoms with Crippen LogP contribution in [0.2, 0.25) is 0 Å². The molecule has 0 radical (unpaired) electrons. The minimum Gasteiger partial charge on any atom is -0.208 e. The zero-order valence-electron chi connectivity index (χ0n) is 41.0. The van der Waals surface area contributed by atoms with Gasteiger partial charge in [-0.2, -0.15) is 0 Å². The second-order valence-electron chi connectivity index (χ2n) is 20.1. The monoisotopic (exact) mass is 1000 g/mol. The fraction of sp³-hybridized carbons (Fsp3) is 0.0282. The van der Waals surface area contributed by atoms with Crippen LogP contribution < -0.4 is 0 Å². The summed E-state index contributed by atoms with van der Waals surface area (Å²) in [7, 11) is 0. The van der Waals surface area contributed by atoms with Gasteiger partial charge in [0, 0.05) is 68.9 Å². The normalized spacial score (nSPS) is 14.3. The van der Waals surface area contributed by atoms with Gasteiger partial charge in [0.25, 0.3) is 0 Å². The Balaban J connectivity index is 0.937. The first-order valence-electron chi connectivity index (χ1n) is 26.0. The van der Waals surface area contributed by atoms with Crippen molar-refractivity contribution in [2.45, 2.75) is 11.8 Å². The Morgan fingerprint density at radius 2 is 0.684 bits per heavy atom. The van der Waals surface area contributed by atoms with Gasteiger partial charge in [0.1, 0.15) is 0 Å². The Hall–Kier alpha value is -9.13. The summed E-state index contributed by atoms with van der Waals surface area (Å²) in [6.45, 7) is 0. The van der Waals surface area contributed by atoms with Crippen LogP contribution in [-0.4, -0.2) is 15.0 Å². The highest BCUT2D eigenvalue weighted by Gasteiger charge is 2.33. The van der Waals surface area contributed by atoms with Crippen LogP contribution >= 0.6 is 22.7 Å². The summed E-state index contributed by atoms with van der Waals surface area (Å²) in [5.41, 5.74) is 20.7. The molecular formula is C71H43N3S2. The number of fused-ring (bicyclic) bond motifs is 12. The summed E-state index contributed by atoms with van der Waals surface area (Å²) >= 11 is 3.77. The number of benzene rings is 11. The Bertz CT molecular complexity index is 4580. The molecule has 3 aromatic heterocycles. The molecule has 2 unspecified atom stereocenters. The number of thiophene rings is 2. The van der Waals surface area contributed by atoms with Gasteiger partial charge in [-0.1, -0.05) is 206 Å². The van der Waals surface area contributed by atoms with Gasteiger partial charge in [-0.05, 0) is 120 Å². The van der Waals surface area contributed by atoms with E-state index in [0.717, 1.165) is 33.4 Å². The van der Waals surface area contributed by atoms with E-state index in [9.17, 15) is 0 Å². The Kier molecular flexibility index (Phi) is 9.81. The molecule has 2 atom stereocenters. The van der Waals surface area contributed by atoms with Gasteiger partial charge in [-0.15, -0.1) is 22.7 Å². The van der Waals surface area contributed by atoms with Gasteiger partial charge in [0.15, 0.2) is 17.5 Å². The quantitative estimate of drug-likeness (QED) is 0.160. The van der Waals surface area contributed by atoms with Crippen LogP contribution in [0.1, 0.15) is 45.2 Å². The average Bonchev–Trinajstić information content (AvgIpc) is 4.41. The van der Waals surface area contributed by atoms with E-state index in [1.165, 1.54) is 102 Å². The van der Waals surface area contributed by atoms with Gasteiger partial charge in [-0.3, -0.25) is 0 Å². The fourth-order valence-electron chi connectivity index (χ4n) is 12.6. The SMILES string of the molecule is c1ccc(-c2nc(-c3ccccc3)nc(-c3cc(-c4cccc5sc6cc7c(cc6c45)-c4ccccc4C7c4ccccc4)ccc3-c3cccc4sc5cc6c(cc5c34)-c3ccccc3C6c3ccccc3)n2)cc1. The summed E-state index contributed by atoms with van der Waals surface area (Å²) in [6, 6.07) is 91.1. The summed E-state index contributed by atoms with van der Waals surface area (Å²) in [6.07, 6.45) is 0. The maximum absolute atomic E-state index is 5.44. The molecule has 0 N–H and O–H groups in total. The van der Waals surface area contributed by atoms with E-state index in [0.29, 0.717) is 17.5 Å². The third-order valence-corrected chi connectivity index (χ3v) is 18.1. The predicted molar refractivity (Wildman–Crippen MR) is 318 cm³/mol. The highest BCUT2D eigenvalue weighted by molar-refractivity contribution is 7.26. The zero-order chi connectivity index (χ0) is 49.8. The van der Waals surface area contributed by atoms with Crippen LogP contribution in [0, 0.1) is 0 Å². The second-order valence-corrected chi connectivity index (χ2v) is 22.3. The molecule has 0 saturated heterocycles. The molecule has 0 aliphatic heterocycles. The molecular weight excluding hydrogens is 959 g/mol. The molecule has 2 aliphatic carbocycles. The first-order chi connectivity index (χ1) is 37.7. The number of hydrogen-bond acceptors (Lipinski definition) is 5. The first-order valence-corrected chi connectivity index (χ1v) is 27.6. The highest BCUT2D eigenvalue weighted by Crippen LogP contribution is 2.54. The third kappa shape index (κ3) is 6.76. The minimum atomic E-state index is 0.176. The standard InChI is InChI=1S/C71H43N3S2/c1-5-19-42(20-6-1)65-51-29-15-13-27-48(51)54-38-59-63(40-56(54)65)75-61-33-17-31-47(67(59)61)46-35-36-50(58(37-46)71-73-69(44-23-9-3-10-24-44)72-70(74-71)45-25-11-4-12-26-45)53-32-18-34-62-68(53)60-39-55-49-28-14-16-30-52(49)66(43-21-7-2-8-22-43)57(55)41-64(60)76-62/h1-41,65-66H. The molecule has 0 bridgehead atoms. The van der Waals surface area contributed by atoms with Crippen molar-refractivity contribution in [3.05, 3.63) is 282 Å². The first kappa shape index (κ1) is 43.3. The maximum Gasteiger partial charge on any atom is 0.164 e. The number of rotatable bonds is 7. The van der Waals surface area contributed by atoms with Crippen molar-refractivity contribution in [3.63, 3.8) is 0 Å². The lowest BCUT2D eigenvalue weighted by Gasteiger charge is -2.16. The van der Waals surface area contributed by atoms with Gasteiger partial charge in [-0.25, -0.2) is 15.0 Å². The lowest BCUT2D eigenvalue weighted by Crippen LogP contribution is -2.01. The van der Waals surface area contributed by atoms with E-state index < -0.39 is 0 Å².